The van der Waals surface area contributed by atoms with Crippen molar-refractivity contribution in [3.63, 3.8) is 0 Å². The molecule has 0 spiro atoms. The third-order valence-corrected chi connectivity index (χ3v) is 2.04. The van der Waals surface area contributed by atoms with Crippen molar-refractivity contribution in [2.45, 2.75) is 39.2 Å². The molecule has 2 nitrogen and oxygen atoms in total. The second-order valence-corrected chi connectivity index (χ2v) is 3.68. The highest BCUT2D eigenvalue weighted by Crippen LogP contribution is 1.93. The van der Waals surface area contributed by atoms with Crippen LogP contribution >= 0.6 is 0 Å². The number of hydrogen-bond donors (Lipinski definition) is 1. The first-order valence-corrected chi connectivity index (χ1v) is 5.08. The van der Waals surface area contributed by atoms with Crippen LogP contribution in [0.3, 0.4) is 0 Å². The molecule has 0 rings (SSSR count). The quantitative estimate of drug-likeness (QED) is 0.588. The van der Waals surface area contributed by atoms with Crippen molar-refractivity contribution >= 4 is 0 Å². The van der Waals surface area contributed by atoms with Crippen molar-refractivity contribution < 1.29 is 0 Å². The zero-order valence-electron chi connectivity index (χ0n) is 9.06. The second-order valence-electron chi connectivity index (χ2n) is 3.68. The van der Waals surface area contributed by atoms with E-state index >= 15 is 0 Å². The lowest BCUT2D eigenvalue weighted by Crippen LogP contribution is -2.38. The minimum atomic E-state index is 0.673. The Labute approximate surface area is 77.3 Å². The van der Waals surface area contributed by atoms with Crippen molar-refractivity contribution in [3.05, 3.63) is 0 Å². The van der Waals surface area contributed by atoms with Gasteiger partial charge in [-0.2, -0.15) is 0 Å². The lowest BCUT2D eigenvalue weighted by Gasteiger charge is -2.20. The predicted octanol–water partition coefficient (Wildman–Crippen LogP) is 1.72. The molecular weight excluding hydrogens is 148 g/mol. The van der Waals surface area contributed by atoms with Gasteiger partial charge in [0.2, 0.25) is 0 Å². The van der Waals surface area contributed by atoms with Gasteiger partial charge in [0.1, 0.15) is 0 Å². The molecule has 0 aliphatic rings. The minimum absolute atomic E-state index is 0.673. The van der Waals surface area contributed by atoms with E-state index in [1.165, 1.54) is 25.8 Å². The SMILES string of the molecule is CCCCNC(CC)CN(C)C. The second kappa shape index (κ2) is 7.56. The van der Waals surface area contributed by atoms with Crippen molar-refractivity contribution in [1.29, 1.82) is 0 Å². The van der Waals surface area contributed by atoms with Gasteiger partial charge in [-0.05, 0) is 33.5 Å². The monoisotopic (exact) mass is 172 g/mol. The highest BCUT2D eigenvalue weighted by molar-refractivity contribution is 4.66. The van der Waals surface area contributed by atoms with Crippen molar-refractivity contribution in [2.24, 2.45) is 0 Å². The molecule has 2 heteroatoms. The Morgan fingerprint density at radius 3 is 2.33 bits per heavy atom. The Morgan fingerprint density at radius 2 is 1.92 bits per heavy atom. The maximum atomic E-state index is 3.56. The van der Waals surface area contributed by atoms with E-state index in [1.807, 2.05) is 0 Å². The van der Waals surface area contributed by atoms with Crippen molar-refractivity contribution in [1.82, 2.24) is 10.2 Å². The standard InChI is InChI=1S/C10H24N2/c1-5-7-8-11-10(6-2)9-12(3)4/h10-11H,5-9H2,1-4H3. The van der Waals surface area contributed by atoms with Gasteiger partial charge in [-0.3, -0.25) is 0 Å². The summed E-state index contributed by atoms with van der Waals surface area (Å²) in [7, 11) is 4.26. The molecule has 0 saturated carbocycles. The fraction of sp³-hybridized carbons (Fsp3) is 1.00. The number of rotatable bonds is 7. The highest BCUT2D eigenvalue weighted by atomic mass is 15.1. The van der Waals surface area contributed by atoms with Crippen LogP contribution < -0.4 is 5.32 Å². The molecule has 1 N–H and O–H groups in total. The Hall–Kier alpha value is -0.0800. The highest BCUT2D eigenvalue weighted by Gasteiger charge is 2.04. The molecule has 0 heterocycles. The summed E-state index contributed by atoms with van der Waals surface area (Å²) in [5.41, 5.74) is 0. The van der Waals surface area contributed by atoms with Gasteiger partial charge in [-0.25, -0.2) is 0 Å². The molecule has 0 saturated heterocycles. The van der Waals surface area contributed by atoms with Crippen LogP contribution in [0.2, 0.25) is 0 Å². The molecule has 0 fully saturated rings. The smallest absolute Gasteiger partial charge is 0.0192 e. The molecule has 0 amide bonds. The van der Waals surface area contributed by atoms with Crippen LogP contribution in [0.25, 0.3) is 0 Å². The molecular formula is C10H24N2. The van der Waals surface area contributed by atoms with Gasteiger partial charge in [0.25, 0.3) is 0 Å². The van der Waals surface area contributed by atoms with Gasteiger partial charge in [0.05, 0.1) is 0 Å². The summed E-state index contributed by atoms with van der Waals surface area (Å²) < 4.78 is 0. The normalized spacial score (nSPS) is 13.8. The Bertz CT molecular complexity index is 91.8. The summed E-state index contributed by atoms with van der Waals surface area (Å²) in [4.78, 5) is 2.24. The van der Waals surface area contributed by atoms with E-state index in [1.54, 1.807) is 0 Å². The molecule has 0 radical (unpaired) electrons. The molecule has 0 bridgehead atoms. The van der Waals surface area contributed by atoms with Crippen LogP contribution in [-0.2, 0) is 0 Å². The molecule has 0 aromatic carbocycles. The molecule has 1 atom stereocenters. The van der Waals surface area contributed by atoms with E-state index in [-0.39, 0.29) is 0 Å². The zero-order valence-corrected chi connectivity index (χ0v) is 9.06. The number of nitrogens with one attached hydrogen (secondary N) is 1. The summed E-state index contributed by atoms with van der Waals surface area (Å²) in [5, 5.41) is 3.56. The number of hydrogen-bond acceptors (Lipinski definition) is 2. The molecule has 0 aromatic rings. The molecule has 0 aromatic heterocycles. The summed E-state index contributed by atoms with van der Waals surface area (Å²) in [5.74, 6) is 0. The van der Waals surface area contributed by atoms with E-state index in [9.17, 15) is 0 Å². The minimum Gasteiger partial charge on any atom is -0.313 e. The van der Waals surface area contributed by atoms with E-state index in [0.717, 1.165) is 6.54 Å². The molecule has 12 heavy (non-hydrogen) atoms. The van der Waals surface area contributed by atoms with Gasteiger partial charge in [0, 0.05) is 12.6 Å². The van der Waals surface area contributed by atoms with Gasteiger partial charge >= 0.3 is 0 Å². The number of likely N-dealkylation sites (N-methyl/N-ethyl adjacent to an activating group) is 1. The third kappa shape index (κ3) is 6.62. The summed E-state index contributed by atoms with van der Waals surface area (Å²) in [6.07, 6.45) is 3.80. The lowest BCUT2D eigenvalue weighted by atomic mass is 10.2. The third-order valence-electron chi connectivity index (χ3n) is 2.04. The van der Waals surface area contributed by atoms with Crippen molar-refractivity contribution in [3.8, 4) is 0 Å². The fourth-order valence-electron chi connectivity index (χ4n) is 1.26. The van der Waals surface area contributed by atoms with Crippen LogP contribution in [0.5, 0.6) is 0 Å². The van der Waals surface area contributed by atoms with Crippen LogP contribution in [-0.4, -0.2) is 38.1 Å². The number of unbranched alkanes of at least 4 members (excludes halogenated alkanes) is 1. The molecule has 0 aliphatic carbocycles. The van der Waals surface area contributed by atoms with Crippen LogP contribution in [0, 0.1) is 0 Å². The fourth-order valence-corrected chi connectivity index (χ4v) is 1.26. The first kappa shape index (κ1) is 11.9. The summed E-state index contributed by atoms with van der Waals surface area (Å²) in [6.45, 7) is 6.80. The Balaban J connectivity index is 3.39. The van der Waals surface area contributed by atoms with Gasteiger partial charge in [-0.15, -0.1) is 0 Å². The lowest BCUT2D eigenvalue weighted by molar-refractivity contribution is 0.331. The predicted molar refractivity (Wildman–Crippen MR) is 55.5 cm³/mol. The Morgan fingerprint density at radius 1 is 1.25 bits per heavy atom. The largest absolute Gasteiger partial charge is 0.313 e. The van der Waals surface area contributed by atoms with E-state index < -0.39 is 0 Å². The maximum absolute atomic E-state index is 3.56. The maximum Gasteiger partial charge on any atom is 0.0192 e. The zero-order chi connectivity index (χ0) is 9.40. The van der Waals surface area contributed by atoms with Crippen molar-refractivity contribution in [2.75, 3.05) is 27.2 Å². The van der Waals surface area contributed by atoms with E-state index in [0.29, 0.717) is 6.04 Å². The topological polar surface area (TPSA) is 15.3 Å². The first-order chi connectivity index (χ1) is 5.70. The molecule has 74 valence electrons. The molecule has 1 unspecified atom stereocenters. The first-order valence-electron chi connectivity index (χ1n) is 5.08. The van der Waals surface area contributed by atoms with Gasteiger partial charge in [0.15, 0.2) is 0 Å². The van der Waals surface area contributed by atoms with Crippen LogP contribution in [0.4, 0.5) is 0 Å². The Kier molecular flexibility index (Phi) is 7.51. The average molecular weight is 172 g/mol. The van der Waals surface area contributed by atoms with Gasteiger partial charge in [-0.1, -0.05) is 20.3 Å². The number of nitrogens with zero attached hydrogens (tertiary/aromatic N) is 1. The average Bonchev–Trinajstić information content (AvgIpc) is 2.02. The van der Waals surface area contributed by atoms with Gasteiger partial charge < -0.3 is 10.2 Å². The summed E-state index contributed by atoms with van der Waals surface area (Å²) in [6, 6.07) is 0.673. The molecule has 0 aliphatic heterocycles. The van der Waals surface area contributed by atoms with E-state index in [4.69, 9.17) is 0 Å². The van der Waals surface area contributed by atoms with E-state index in [2.05, 4.69) is 38.2 Å². The van der Waals surface area contributed by atoms with Crippen LogP contribution in [0.15, 0.2) is 0 Å². The van der Waals surface area contributed by atoms with Crippen LogP contribution in [0.1, 0.15) is 33.1 Å². The summed E-state index contributed by atoms with van der Waals surface area (Å²) >= 11 is 0.